The lowest BCUT2D eigenvalue weighted by atomic mass is 9.84. The molecule has 1 amide bonds. The number of carboxylic acid groups (broad SMARTS) is 1. The Morgan fingerprint density at radius 2 is 2.25 bits per heavy atom. The topological polar surface area (TPSA) is 57.6 Å². The maximum Gasteiger partial charge on any atom is 0.308 e. The molecule has 2 unspecified atom stereocenters. The van der Waals surface area contributed by atoms with Crippen LogP contribution in [0.25, 0.3) is 0 Å². The number of hydrogen-bond acceptors (Lipinski definition) is 2. The van der Waals surface area contributed by atoms with Crippen molar-refractivity contribution in [3.8, 4) is 0 Å². The molecule has 4 nitrogen and oxygen atoms in total. The molecule has 1 aliphatic rings. The average Bonchev–Trinajstić information content (AvgIpc) is 2.40. The molecule has 0 bridgehead atoms. The summed E-state index contributed by atoms with van der Waals surface area (Å²) >= 11 is 3.32. The zero-order valence-electron chi connectivity index (χ0n) is 11.0. The number of hydrogen-bond donors (Lipinski definition) is 1. The highest BCUT2D eigenvalue weighted by molar-refractivity contribution is 9.10. The molecule has 0 aliphatic carbocycles. The predicted octanol–water partition coefficient (Wildman–Crippen LogP) is 2.97. The number of nitrogens with zero attached hydrogens (tertiary/aromatic N) is 1. The molecule has 0 radical (unpaired) electrons. The minimum absolute atomic E-state index is 0.0915. The van der Waals surface area contributed by atoms with Crippen molar-refractivity contribution in [3.05, 3.63) is 34.1 Å². The molecule has 1 N–H and O–H groups in total. The van der Waals surface area contributed by atoms with Gasteiger partial charge in [-0.3, -0.25) is 9.59 Å². The van der Waals surface area contributed by atoms with E-state index in [2.05, 4.69) is 15.9 Å². The largest absolute Gasteiger partial charge is 0.481 e. The summed E-state index contributed by atoms with van der Waals surface area (Å²) in [5.74, 6) is -2.21. The van der Waals surface area contributed by atoms with Gasteiger partial charge >= 0.3 is 5.97 Å². The third-order valence-corrected chi connectivity index (χ3v) is 4.36. The van der Waals surface area contributed by atoms with Gasteiger partial charge in [0.1, 0.15) is 5.82 Å². The molecule has 0 saturated carbocycles. The number of amides is 1. The van der Waals surface area contributed by atoms with Crippen LogP contribution >= 0.6 is 15.9 Å². The maximum atomic E-state index is 13.5. The molecule has 108 valence electrons. The highest BCUT2D eigenvalue weighted by atomic mass is 79.9. The van der Waals surface area contributed by atoms with Gasteiger partial charge < -0.3 is 10.0 Å². The zero-order chi connectivity index (χ0) is 14.9. The summed E-state index contributed by atoms with van der Waals surface area (Å²) in [5.41, 5.74) is 0.507. The first-order valence-electron chi connectivity index (χ1n) is 6.43. The van der Waals surface area contributed by atoms with E-state index < -0.39 is 23.7 Å². The Kier molecular flexibility index (Phi) is 4.42. The molecule has 1 heterocycles. The van der Waals surface area contributed by atoms with Gasteiger partial charge in [0.2, 0.25) is 5.91 Å². The average molecular weight is 344 g/mol. The molecular weight excluding hydrogens is 329 g/mol. The van der Waals surface area contributed by atoms with Gasteiger partial charge in [-0.2, -0.15) is 0 Å². The molecule has 0 aromatic heterocycles. The van der Waals surface area contributed by atoms with E-state index >= 15 is 0 Å². The van der Waals surface area contributed by atoms with Crippen LogP contribution in [0.5, 0.6) is 0 Å². The van der Waals surface area contributed by atoms with Crippen LogP contribution in [0, 0.1) is 11.7 Å². The fourth-order valence-corrected chi connectivity index (χ4v) is 3.19. The standard InChI is InChI=1S/C14H15BrFNO3/c1-2-17-12(18)6-4-9(14(19)20)13(17)10-7-8(16)3-5-11(10)15/h3,5,7,9,13H,2,4,6H2,1H3,(H,19,20). The summed E-state index contributed by atoms with van der Waals surface area (Å²) in [4.78, 5) is 25.0. The van der Waals surface area contributed by atoms with Crippen LogP contribution in [-0.2, 0) is 9.59 Å². The number of aliphatic carboxylic acids is 1. The fourth-order valence-electron chi connectivity index (χ4n) is 2.71. The van der Waals surface area contributed by atoms with Crippen LogP contribution in [0.2, 0.25) is 0 Å². The highest BCUT2D eigenvalue weighted by Crippen LogP contribution is 2.39. The maximum absolute atomic E-state index is 13.5. The van der Waals surface area contributed by atoms with Gasteiger partial charge in [-0.25, -0.2) is 4.39 Å². The number of carbonyl (C=O) groups is 2. The Hall–Kier alpha value is -1.43. The third-order valence-electron chi connectivity index (χ3n) is 3.64. The number of carboxylic acids is 1. The van der Waals surface area contributed by atoms with Crippen molar-refractivity contribution >= 4 is 27.8 Å². The van der Waals surface area contributed by atoms with Crippen LogP contribution < -0.4 is 0 Å². The molecule has 20 heavy (non-hydrogen) atoms. The number of benzene rings is 1. The van der Waals surface area contributed by atoms with E-state index in [1.54, 1.807) is 6.92 Å². The van der Waals surface area contributed by atoms with Crippen LogP contribution in [-0.4, -0.2) is 28.4 Å². The molecule has 0 spiro atoms. The Bertz CT molecular complexity index is 547. The van der Waals surface area contributed by atoms with Crippen LogP contribution in [0.15, 0.2) is 22.7 Å². The highest BCUT2D eigenvalue weighted by Gasteiger charge is 2.40. The number of likely N-dealkylation sites (tertiary alicyclic amines) is 1. The fraction of sp³-hybridized carbons (Fsp3) is 0.429. The van der Waals surface area contributed by atoms with Gasteiger partial charge in [0, 0.05) is 17.4 Å². The van der Waals surface area contributed by atoms with E-state index in [-0.39, 0.29) is 18.7 Å². The van der Waals surface area contributed by atoms with Crippen LogP contribution in [0.3, 0.4) is 0 Å². The van der Waals surface area contributed by atoms with Crippen molar-refractivity contribution in [1.82, 2.24) is 4.90 Å². The molecule has 1 fully saturated rings. The smallest absolute Gasteiger partial charge is 0.308 e. The first kappa shape index (κ1) is 15.0. The third kappa shape index (κ3) is 2.70. The summed E-state index contributed by atoms with van der Waals surface area (Å²) in [6.45, 7) is 2.19. The Morgan fingerprint density at radius 1 is 1.55 bits per heavy atom. The first-order chi connectivity index (χ1) is 9.45. The van der Waals surface area contributed by atoms with E-state index in [9.17, 15) is 19.1 Å². The molecular formula is C14H15BrFNO3. The van der Waals surface area contributed by atoms with Crippen molar-refractivity contribution in [1.29, 1.82) is 0 Å². The number of carbonyl (C=O) groups excluding carboxylic acids is 1. The quantitative estimate of drug-likeness (QED) is 0.917. The second-order valence-corrected chi connectivity index (χ2v) is 5.63. The molecule has 2 rings (SSSR count). The van der Waals surface area contributed by atoms with E-state index in [0.717, 1.165) is 0 Å². The molecule has 1 aliphatic heterocycles. The SMILES string of the molecule is CCN1C(=O)CCC(C(=O)O)C1c1cc(F)ccc1Br. The Balaban J connectivity index is 2.52. The lowest BCUT2D eigenvalue weighted by molar-refractivity contribution is -0.151. The Morgan fingerprint density at radius 3 is 2.85 bits per heavy atom. The van der Waals surface area contributed by atoms with Gasteiger partial charge in [-0.1, -0.05) is 15.9 Å². The normalized spacial score (nSPS) is 22.9. The number of halogens is 2. The van der Waals surface area contributed by atoms with Crippen molar-refractivity contribution in [2.75, 3.05) is 6.54 Å². The minimum Gasteiger partial charge on any atom is -0.481 e. The summed E-state index contributed by atoms with van der Waals surface area (Å²) in [5, 5.41) is 9.38. The first-order valence-corrected chi connectivity index (χ1v) is 7.22. The van der Waals surface area contributed by atoms with Gasteiger partial charge in [0.05, 0.1) is 12.0 Å². The van der Waals surface area contributed by atoms with Crippen molar-refractivity contribution in [3.63, 3.8) is 0 Å². The molecule has 1 aromatic rings. The van der Waals surface area contributed by atoms with Gasteiger partial charge in [-0.15, -0.1) is 0 Å². The van der Waals surface area contributed by atoms with E-state index in [0.29, 0.717) is 16.6 Å². The number of piperidine rings is 1. The lowest BCUT2D eigenvalue weighted by Crippen LogP contribution is -2.45. The Labute approximate surface area is 124 Å². The van der Waals surface area contributed by atoms with E-state index in [4.69, 9.17) is 0 Å². The predicted molar refractivity (Wildman–Crippen MR) is 74.6 cm³/mol. The van der Waals surface area contributed by atoms with Gasteiger partial charge in [-0.05, 0) is 37.1 Å². The molecule has 1 saturated heterocycles. The van der Waals surface area contributed by atoms with Gasteiger partial charge in [0.25, 0.3) is 0 Å². The van der Waals surface area contributed by atoms with Gasteiger partial charge in [0.15, 0.2) is 0 Å². The lowest BCUT2D eigenvalue weighted by Gasteiger charge is -2.39. The summed E-state index contributed by atoms with van der Waals surface area (Å²) in [6.07, 6.45) is 0.493. The molecule has 6 heteroatoms. The summed E-state index contributed by atoms with van der Waals surface area (Å²) < 4.78 is 14.1. The van der Waals surface area contributed by atoms with E-state index in [1.807, 2.05) is 0 Å². The van der Waals surface area contributed by atoms with Crippen molar-refractivity contribution < 1.29 is 19.1 Å². The van der Waals surface area contributed by atoms with Crippen molar-refractivity contribution in [2.45, 2.75) is 25.8 Å². The summed E-state index contributed by atoms with van der Waals surface area (Å²) in [7, 11) is 0. The van der Waals surface area contributed by atoms with Crippen LogP contribution in [0.1, 0.15) is 31.4 Å². The van der Waals surface area contributed by atoms with Crippen molar-refractivity contribution in [2.24, 2.45) is 5.92 Å². The van der Waals surface area contributed by atoms with E-state index in [1.165, 1.54) is 23.1 Å². The molecule has 1 aromatic carbocycles. The summed E-state index contributed by atoms with van der Waals surface area (Å²) in [6, 6.07) is 3.50. The van der Waals surface area contributed by atoms with Crippen LogP contribution in [0.4, 0.5) is 4.39 Å². The minimum atomic E-state index is -0.961. The second-order valence-electron chi connectivity index (χ2n) is 4.77. The second kappa shape index (κ2) is 5.91. The molecule has 2 atom stereocenters. The number of rotatable bonds is 3. The monoisotopic (exact) mass is 343 g/mol. The zero-order valence-corrected chi connectivity index (χ0v) is 12.6.